The fourth-order valence-corrected chi connectivity index (χ4v) is 2.53. The van der Waals surface area contributed by atoms with Crippen LogP contribution in [0.1, 0.15) is 19.4 Å². The van der Waals surface area contributed by atoms with Gasteiger partial charge in [0, 0.05) is 18.1 Å². The minimum absolute atomic E-state index is 0.0694. The average Bonchev–Trinajstić information content (AvgIpc) is 2.66. The summed E-state index contributed by atoms with van der Waals surface area (Å²) in [6.45, 7) is 4.03. The van der Waals surface area contributed by atoms with Crippen molar-refractivity contribution in [3.63, 3.8) is 0 Å². The molecule has 2 aromatic carbocycles. The molecule has 0 heterocycles. The van der Waals surface area contributed by atoms with Gasteiger partial charge in [0.1, 0.15) is 11.6 Å². The molecular formula is C20H22ClFN2O3. The van der Waals surface area contributed by atoms with Crippen molar-refractivity contribution in [2.24, 2.45) is 0 Å². The van der Waals surface area contributed by atoms with Gasteiger partial charge in [-0.2, -0.15) is 0 Å². The molecule has 27 heavy (non-hydrogen) atoms. The molecule has 2 amide bonds. The molecule has 5 nitrogen and oxygen atoms in total. The maximum atomic E-state index is 12.9. The smallest absolute Gasteiger partial charge is 0.263 e. The highest BCUT2D eigenvalue weighted by molar-refractivity contribution is 6.30. The Morgan fingerprint density at radius 1 is 1.15 bits per heavy atom. The zero-order chi connectivity index (χ0) is 19.8. The van der Waals surface area contributed by atoms with E-state index in [1.807, 2.05) is 12.1 Å². The first-order valence-corrected chi connectivity index (χ1v) is 8.99. The second-order valence-electron chi connectivity index (χ2n) is 5.97. The summed E-state index contributed by atoms with van der Waals surface area (Å²) in [6, 6.07) is 12.6. The van der Waals surface area contributed by atoms with Crippen molar-refractivity contribution in [2.45, 2.75) is 26.5 Å². The minimum Gasteiger partial charge on any atom is -0.481 e. The summed E-state index contributed by atoms with van der Waals surface area (Å²) >= 11 is 5.83. The Bertz CT molecular complexity index is 766. The van der Waals surface area contributed by atoms with E-state index < -0.39 is 6.10 Å². The van der Waals surface area contributed by atoms with E-state index in [9.17, 15) is 14.0 Å². The summed E-state index contributed by atoms with van der Waals surface area (Å²) in [4.78, 5) is 26.1. The molecule has 1 atom stereocenters. The van der Waals surface area contributed by atoms with E-state index in [4.69, 9.17) is 16.3 Å². The molecule has 7 heteroatoms. The van der Waals surface area contributed by atoms with Crippen LogP contribution in [0.3, 0.4) is 0 Å². The van der Waals surface area contributed by atoms with Crippen molar-refractivity contribution in [1.29, 1.82) is 0 Å². The van der Waals surface area contributed by atoms with Crippen LogP contribution in [0, 0.1) is 5.82 Å². The van der Waals surface area contributed by atoms with Gasteiger partial charge in [0.15, 0.2) is 6.10 Å². The van der Waals surface area contributed by atoms with Crippen molar-refractivity contribution < 1.29 is 18.7 Å². The Balaban J connectivity index is 1.86. The van der Waals surface area contributed by atoms with Crippen molar-refractivity contribution in [3.05, 3.63) is 64.9 Å². The number of ether oxygens (including phenoxy) is 1. The molecule has 0 spiro atoms. The number of carbonyl (C=O) groups is 2. The molecule has 0 aromatic heterocycles. The number of rotatable bonds is 8. The monoisotopic (exact) mass is 392 g/mol. The van der Waals surface area contributed by atoms with Gasteiger partial charge in [-0.3, -0.25) is 9.59 Å². The molecule has 0 saturated carbocycles. The molecule has 0 radical (unpaired) electrons. The molecule has 144 valence electrons. The van der Waals surface area contributed by atoms with Crippen LogP contribution in [0.25, 0.3) is 0 Å². The molecule has 1 N–H and O–H groups in total. The van der Waals surface area contributed by atoms with E-state index >= 15 is 0 Å². The normalized spacial score (nSPS) is 11.6. The van der Waals surface area contributed by atoms with Gasteiger partial charge in [-0.25, -0.2) is 4.39 Å². The molecule has 0 saturated heterocycles. The predicted molar refractivity (Wildman–Crippen MR) is 102 cm³/mol. The Hall–Kier alpha value is -2.60. The number of amides is 2. The van der Waals surface area contributed by atoms with Gasteiger partial charge >= 0.3 is 0 Å². The van der Waals surface area contributed by atoms with Gasteiger partial charge in [-0.05, 0) is 55.8 Å². The summed E-state index contributed by atoms with van der Waals surface area (Å²) in [7, 11) is 0. The molecular weight excluding hydrogens is 371 g/mol. The Morgan fingerprint density at radius 2 is 1.78 bits per heavy atom. The van der Waals surface area contributed by atoms with E-state index in [0.717, 1.165) is 5.56 Å². The van der Waals surface area contributed by atoms with E-state index in [-0.39, 0.29) is 24.2 Å². The Kier molecular flexibility index (Phi) is 7.61. The average molecular weight is 393 g/mol. The summed E-state index contributed by atoms with van der Waals surface area (Å²) < 4.78 is 18.5. The third-order valence-corrected chi connectivity index (χ3v) is 4.16. The number of likely N-dealkylation sites (N-methyl/N-ethyl adjacent to an activating group) is 1. The summed E-state index contributed by atoms with van der Waals surface area (Å²) in [5.41, 5.74) is 0.912. The Morgan fingerprint density at radius 3 is 2.37 bits per heavy atom. The number of hydrogen-bond acceptors (Lipinski definition) is 3. The number of hydrogen-bond donors (Lipinski definition) is 1. The van der Waals surface area contributed by atoms with E-state index in [1.54, 1.807) is 26.0 Å². The summed E-state index contributed by atoms with van der Waals surface area (Å²) in [5.74, 6) is -0.577. The molecule has 0 aliphatic heterocycles. The van der Waals surface area contributed by atoms with Crippen LogP contribution in [-0.4, -0.2) is 35.9 Å². The second kappa shape index (κ2) is 9.92. The second-order valence-corrected chi connectivity index (χ2v) is 6.41. The molecule has 0 bridgehead atoms. The number of nitrogens with one attached hydrogen (secondary N) is 1. The topological polar surface area (TPSA) is 58.6 Å². The number of benzene rings is 2. The van der Waals surface area contributed by atoms with Crippen molar-refractivity contribution in [1.82, 2.24) is 10.2 Å². The standard InChI is InChI=1S/C20H22ClFN2O3/c1-3-24(13-19(25)23-12-15-4-6-16(21)7-5-15)20(26)14(2)27-18-10-8-17(22)9-11-18/h4-11,14H,3,12-13H2,1-2H3,(H,23,25)/t14-/m1/s1. The third kappa shape index (κ3) is 6.57. The lowest BCUT2D eigenvalue weighted by Crippen LogP contribution is -2.45. The number of carbonyl (C=O) groups excluding carboxylic acids is 2. The van der Waals surface area contributed by atoms with Gasteiger partial charge in [0.05, 0.1) is 6.54 Å². The SMILES string of the molecule is CCN(CC(=O)NCc1ccc(Cl)cc1)C(=O)[C@@H](C)Oc1ccc(F)cc1. The highest BCUT2D eigenvalue weighted by Gasteiger charge is 2.23. The molecule has 2 rings (SSSR count). The van der Waals surface area contributed by atoms with Crippen LogP contribution in [0.2, 0.25) is 5.02 Å². The molecule has 0 fully saturated rings. The first-order valence-electron chi connectivity index (χ1n) is 8.61. The van der Waals surface area contributed by atoms with Crippen molar-refractivity contribution >= 4 is 23.4 Å². The summed E-state index contributed by atoms with van der Waals surface area (Å²) in [5, 5.41) is 3.40. The fraction of sp³-hybridized carbons (Fsp3) is 0.300. The highest BCUT2D eigenvalue weighted by Crippen LogP contribution is 2.14. The molecule has 0 aliphatic carbocycles. The van der Waals surface area contributed by atoms with E-state index in [2.05, 4.69) is 5.32 Å². The van der Waals surface area contributed by atoms with Gasteiger partial charge < -0.3 is 15.0 Å². The number of halogens is 2. The first kappa shape index (κ1) is 20.7. The molecule has 2 aromatic rings. The van der Waals surface area contributed by atoms with Crippen LogP contribution >= 0.6 is 11.6 Å². The van der Waals surface area contributed by atoms with Crippen LogP contribution in [0.4, 0.5) is 4.39 Å². The van der Waals surface area contributed by atoms with Crippen LogP contribution < -0.4 is 10.1 Å². The van der Waals surface area contributed by atoms with Gasteiger partial charge in [0.25, 0.3) is 5.91 Å². The quantitative estimate of drug-likeness (QED) is 0.749. The summed E-state index contributed by atoms with van der Waals surface area (Å²) in [6.07, 6.45) is -0.792. The van der Waals surface area contributed by atoms with Gasteiger partial charge in [0.2, 0.25) is 5.91 Å². The lowest BCUT2D eigenvalue weighted by atomic mass is 10.2. The lowest BCUT2D eigenvalue weighted by molar-refractivity contribution is -0.141. The van der Waals surface area contributed by atoms with Crippen LogP contribution in [0.15, 0.2) is 48.5 Å². The third-order valence-electron chi connectivity index (χ3n) is 3.91. The van der Waals surface area contributed by atoms with E-state index in [1.165, 1.54) is 29.2 Å². The van der Waals surface area contributed by atoms with Gasteiger partial charge in [-0.15, -0.1) is 0 Å². The zero-order valence-corrected chi connectivity index (χ0v) is 16.0. The van der Waals surface area contributed by atoms with Crippen molar-refractivity contribution in [3.8, 4) is 5.75 Å². The van der Waals surface area contributed by atoms with Crippen molar-refractivity contribution in [2.75, 3.05) is 13.1 Å². The maximum Gasteiger partial charge on any atom is 0.263 e. The van der Waals surface area contributed by atoms with E-state index in [0.29, 0.717) is 23.9 Å². The molecule has 0 unspecified atom stereocenters. The minimum atomic E-state index is -0.792. The highest BCUT2D eigenvalue weighted by atomic mass is 35.5. The van der Waals surface area contributed by atoms with Crippen LogP contribution in [-0.2, 0) is 16.1 Å². The zero-order valence-electron chi connectivity index (χ0n) is 15.2. The maximum absolute atomic E-state index is 12.9. The predicted octanol–water partition coefficient (Wildman–Crippen LogP) is 3.41. The van der Waals surface area contributed by atoms with Gasteiger partial charge in [-0.1, -0.05) is 23.7 Å². The lowest BCUT2D eigenvalue weighted by Gasteiger charge is -2.24. The fourth-order valence-electron chi connectivity index (χ4n) is 2.40. The first-order chi connectivity index (χ1) is 12.9. The largest absolute Gasteiger partial charge is 0.481 e. The number of nitrogens with zero attached hydrogens (tertiary/aromatic N) is 1. The Labute approximate surface area is 163 Å². The molecule has 0 aliphatic rings. The van der Waals surface area contributed by atoms with Crippen LogP contribution in [0.5, 0.6) is 5.75 Å².